The van der Waals surface area contributed by atoms with Crippen molar-refractivity contribution < 1.29 is 27.4 Å². The van der Waals surface area contributed by atoms with Crippen LogP contribution in [0.3, 0.4) is 0 Å². The average molecular weight is 353 g/mol. The van der Waals surface area contributed by atoms with E-state index in [1.807, 2.05) is 30.3 Å². The molecule has 0 aliphatic carbocycles. The first-order valence-electron chi connectivity index (χ1n) is 7.59. The molecule has 0 aromatic heterocycles. The van der Waals surface area contributed by atoms with Crippen LogP contribution in [0.5, 0.6) is 5.75 Å². The van der Waals surface area contributed by atoms with E-state index in [1.54, 1.807) is 0 Å². The van der Waals surface area contributed by atoms with Gasteiger partial charge in [0.1, 0.15) is 12.4 Å². The maximum absolute atomic E-state index is 13.1. The summed E-state index contributed by atoms with van der Waals surface area (Å²) >= 11 is 0. The highest BCUT2D eigenvalue weighted by molar-refractivity contribution is 5.88. The summed E-state index contributed by atoms with van der Waals surface area (Å²) in [6.45, 7) is 1.72. The second-order valence-corrected chi connectivity index (χ2v) is 5.28. The predicted molar refractivity (Wildman–Crippen MR) is 87.3 cm³/mol. The molecule has 7 heteroatoms. The third-order valence-electron chi connectivity index (χ3n) is 3.20. The van der Waals surface area contributed by atoms with Crippen molar-refractivity contribution in [2.45, 2.75) is 19.7 Å². The molecular formula is C18H18F3NO3. The van der Waals surface area contributed by atoms with Gasteiger partial charge >= 0.3 is 6.18 Å². The van der Waals surface area contributed by atoms with Gasteiger partial charge in [-0.2, -0.15) is 13.2 Å². The van der Waals surface area contributed by atoms with Crippen LogP contribution in [-0.4, -0.2) is 19.1 Å². The lowest BCUT2D eigenvalue weighted by Gasteiger charge is -2.15. The molecule has 1 N–H and O–H groups in total. The van der Waals surface area contributed by atoms with E-state index in [0.717, 1.165) is 11.6 Å². The number of hydrogen-bond acceptors (Lipinski definition) is 3. The summed E-state index contributed by atoms with van der Waals surface area (Å²) in [7, 11) is 0. The van der Waals surface area contributed by atoms with Crippen LogP contribution < -0.4 is 10.1 Å². The Morgan fingerprint density at radius 3 is 2.44 bits per heavy atom. The monoisotopic (exact) mass is 353 g/mol. The molecule has 0 aliphatic heterocycles. The highest BCUT2D eigenvalue weighted by Gasteiger charge is 2.34. The molecule has 0 atom stereocenters. The van der Waals surface area contributed by atoms with E-state index in [2.05, 4.69) is 5.32 Å². The lowest BCUT2D eigenvalue weighted by molar-refractivity contribution is -0.139. The number of carbonyl (C=O) groups is 1. The molecule has 1 amide bonds. The number of halogens is 3. The molecule has 0 spiro atoms. The van der Waals surface area contributed by atoms with E-state index >= 15 is 0 Å². The minimum atomic E-state index is -4.59. The molecule has 0 saturated heterocycles. The molecule has 4 nitrogen and oxygen atoms in total. The number of carbonyl (C=O) groups excluding carboxylic acids is 1. The molecule has 2 aromatic rings. The van der Waals surface area contributed by atoms with Crippen LogP contribution in [0, 0.1) is 0 Å². The summed E-state index contributed by atoms with van der Waals surface area (Å²) in [4.78, 5) is 11.0. The Morgan fingerprint density at radius 2 is 1.80 bits per heavy atom. The minimum absolute atomic E-state index is 0.0185. The third-order valence-corrected chi connectivity index (χ3v) is 3.20. The molecular weight excluding hydrogens is 335 g/mol. The van der Waals surface area contributed by atoms with Crippen LogP contribution in [0.4, 0.5) is 18.9 Å². The molecule has 0 unspecified atom stereocenters. The van der Waals surface area contributed by atoms with E-state index in [9.17, 15) is 18.0 Å². The second-order valence-electron chi connectivity index (χ2n) is 5.28. The van der Waals surface area contributed by atoms with E-state index in [0.29, 0.717) is 6.61 Å². The van der Waals surface area contributed by atoms with Crippen LogP contribution in [0.25, 0.3) is 0 Å². The van der Waals surface area contributed by atoms with Crippen LogP contribution in [0.1, 0.15) is 18.1 Å². The maximum Gasteiger partial charge on any atom is 0.420 e. The maximum atomic E-state index is 13.1. The highest BCUT2D eigenvalue weighted by Crippen LogP contribution is 2.37. The van der Waals surface area contributed by atoms with Crippen molar-refractivity contribution in [2.75, 3.05) is 18.5 Å². The Bertz CT molecular complexity index is 702. The lowest BCUT2D eigenvalue weighted by atomic mass is 10.1. The summed E-state index contributed by atoms with van der Waals surface area (Å²) in [5, 5.41) is 2.32. The SMILES string of the molecule is CC(=O)Nc1ccc(OCCOCc2ccccc2)c(C(F)(F)F)c1. The zero-order chi connectivity index (χ0) is 18.3. The van der Waals surface area contributed by atoms with Crippen LogP contribution in [0.15, 0.2) is 48.5 Å². The van der Waals surface area contributed by atoms with Gasteiger partial charge in [0, 0.05) is 12.6 Å². The number of alkyl halides is 3. The molecule has 0 aliphatic rings. The van der Waals surface area contributed by atoms with Crippen molar-refractivity contribution in [1.29, 1.82) is 0 Å². The summed E-state index contributed by atoms with van der Waals surface area (Å²) in [5.41, 5.74) is 0.0902. The van der Waals surface area contributed by atoms with Gasteiger partial charge in [-0.25, -0.2) is 0 Å². The fourth-order valence-corrected chi connectivity index (χ4v) is 2.13. The summed E-state index contributed by atoms with van der Waals surface area (Å²) < 4.78 is 50.0. The van der Waals surface area contributed by atoms with Gasteiger partial charge in [0.15, 0.2) is 0 Å². The molecule has 0 saturated carbocycles. The molecule has 0 radical (unpaired) electrons. The van der Waals surface area contributed by atoms with Crippen molar-refractivity contribution in [1.82, 2.24) is 0 Å². The van der Waals surface area contributed by atoms with Gasteiger partial charge in [0.25, 0.3) is 0 Å². The first-order valence-corrected chi connectivity index (χ1v) is 7.59. The standard InChI is InChI=1S/C18H18F3NO3/c1-13(23)22-15-7-8-17(16(11-15)18(19,20)21)25-10-9-24-12-14-5-3-2-4-6-14/h2-8,11H,9-10,12H2,1H3,(H,22,23). The van der Waals surface area contributed by atoms with Gasteiger partial charge in [-0.05, 0) is 23.8 Å². The van der Waals surface area contributed by atoms with E-state index in [-0.39, 0.29) is 24.7 Å². The molecule has 134 valence electrons. The first-order chi connectivity index (χ1) is 11.9. The van der Waals surface area contributed by atoms with E-state index in [4.69, 9.17) is 9.47 Å². The van der Waals surface area contributed by atoms with Gasteiger partial charge in [-0.15, -0.1) is 0 Å². The summed E-state index contributed by atoms with van der Waals surface area (Å²) in [5.74, 6) is -0.749. The van der Waals surface area contributed by atoms with E-state index < -0.39 is 17.6 Å². The number of anilines is 1. The number of rotatable bonds is 7. The smallest absolute Gasteiger partial charge is 0.420 e. The summed E-state index contributed by atoms with van der Waals surface area (Å²) in [6, 6.07) is 12.8. The zero-order valence-electron chi connectivity index (χ0n) is 13.6. The van der Waals surface area contributed by atoms with Gasteiger partial charge in [-0.3, -0.25) is 4.79 Å². The normalized spacial score (nSPS) is 11.2. The Kier molecular flexibility index (Phi) is 6.41. The van der Waals surface area contributed by atoms with Crippen molar-refractivity contribution >= 4 is 11.6 Å². The average Bonchev–Trinajstić information content (AvgIpc) is 2.55. The van der Waals surface area contributed by atoms with Crippen LogP contribution in [-0.2, 0) is 22.3 Å². The molecule has 2 aromatic carbocycles. The lowest BCUT2D eigenvalue weighted by Crippen LogP contribution is -2.13. The van der Waals surface area contributed by atoms with E-state index in [1.165, 1.54) is 19.1 Å². The van der Waals surface area contributed by atoms with Crippen molar-refractivity contribution in [3.8, 4) is 5.75 Å². The van der Waals surface area contributed by atoms with Gasteiger partial charge < -0.3 is 14.8 Å². The fourth-order valence-electron chi connectivity index (χ4n) is 2.13. The topological polar surface area (TPSA) is 47.6 Å². The number of benzene rings is 2. The molecule has 25 heavy (non-hydrogen) atoms. The second kappa shape index (κ2) is 8.53. The highest BCUT2D eigenvalue weighted by atomic mass is 19.4. The predicted octanol–water partition coefficient (Wildman–Crippen LogP) is 4.26. The van der Waals surface area contributed by atoms with Gasteiger partial charge in [-0.1, -0.05) is 30.3 Å². The first kappa shape index (κ1) is 18.8. The van der Waals surface area contributed by atoms with Crippen LogP contribution >= 0.6 is 0 Å². The van der Waals surface area contributed by atoms with Gasteiger partial charge in [0.05, 0.1) is 18.8 Å². The molecule has 2 rings (SSSR count). The Balaban J connectivity index is 1.93. The Morgan fingerprint density at radius 1 is 1.08 bits per heavy atom. The molecule has 0 fully saturated rings. The minimum Gasteiger partial charge on any atom is -0.491 e. The van der Waals surface area contributed by atoms with Crippen molar-refractivity contribution in [2.24, 2.45) is 0 Å². The molecule has 0 bridgehead atoms. The number of amides is 1. The zero-order valence-corrected chi connectivity index (χ0v) is 13.6. The summed E-state index contributed by atoms with van der Waals surface area (Å²) in [6.07, 6.45) is -4.59. The number of nitrogens with one attached hydrogen (secondary N) is 1. The fraction of sp³-hybridized carbons (Fsp3) is 0.278. The third kappa shape index (κ3) is 6.11. The largest absolute Gasteiger partial charge is 0.491 e. The molecule has 0 heterocycles. The quantitative estimate of drug-likeness (QED) is 0.757. The van der Waals surface area contributed by atoms with Crippen molar-refractivity contribution in [3.05, 3.63) is 59.7 Å². The number of hydrogen-bond donors (Lipinski definition) is 1. The van der Waals surface area contributed by atoms with Crippen LogP contribution in [0.2, 0.25) is 0 Å². The van der Waals surface area contributed by atoms with Gasteiger partial charge in [0.2, 0.25) is 5.91 Å². The number of ether oxygens (including phenoxy) is 2. The Labute approximate surface area is 143 Å². The van der Waals surface area contributed by atoms with Crippen molar-refractivity contribution in [3.63, 3.8) is 0 Å². The Hall–Kier alpha value is -2.54.